The van der Waals surface area contributed by atoms with Crippen LogP contribution >= 0.6 is 0 Å². The highest BCUT2D eigenvalue weighted by atomic mass is 32.2. The Hall–Kier alpha value is -1.37. The van der Waals surface area contributed by atoms with Gasteiger partial charge in [0, 0.05) is 13.1 Å². The molecule has 1 aromatic rings. The average Bonchev–Trinajstić information content (AvgIpc) is 2.53. The van der Waals surface area contributed by atoms with Gasteiger partial charge in [0.15, 0.2) is 9.84 Å². The lowest BCUT2D eigenvalue weighted by Gasteiger charge is -2.24. The molecule has 1 aliphatic heterocycles. The van der Waals surface area contributed by atoms with Crippen molar-refractivity contribution >= 4 is 21.5 Å². The van der Waals surface area contributed by atoms with Crippen LogP contribution in [0.1, 0.15) is 13.3 Å². The molecule has 0 spiro atoms. The zero-order valence-corrected chi connectivity index (χ0v) is 10.7. The van der Waals surface area contributed by atoms with Gasteiger partial charge in [-0.2, -0.15) is 0 Å². The summed E-state index contributed by atoms with van der Waals surface area (Å²) in [5.74, 6) is 1.73. The van der Waals surface area contributed by atoms with Gasteiger partial charge >= 0.3 is 0 Å². The molecule has 6 nitrogen and oxygen atoms in total. The van der Waals surface area contributed by atoms with Gasteiger partial charge in [0.2, 0.25) is 0 Å². The molecule has 0 radical (unpaired) electrons. The average molecular weight is 256 g/mol. The van der Waals surface area contributed by atoms with Crippen LogP contribution in [0.15, 0.2) is 12.4 Å². The van der Waals surface area contributed by atoms with Crippen LogP contribution in [-0.4, -0.2) is 42.5 Å². The van der Waals surface area contributed by atoms with E-state index >= 15 is 0 Å². The molecule has 0 amide bonds. The van der Waals surface area contributed by atoms with Crippen LogP contribution in [0.25, 0.3) is 0 Å². The van der Waals surface area contributed by atoms with Gasteiger partial charge in [0.05, 0.1) is 17.0 Å². The molecule has 0 aliphatic carbocycles. The molecular formula is C10H16N4O2S. The molecule has 17 heavy (non-hydrogen) atoms. The maximum absolute atomic E-state index is 11.5. The molecule has 1 fully saturated rings. The molecule has 0 saturated carbocycles. The summed E-state index contributed by atoms with van der Waals surface area (Å²) in [6, 6.07) is 1.76. The first-order chi connectivity index (χ1) is 7.92. The SMILES string of the molecule is CNc1cc(NC2(C)CCS(=O)(=O)C2)ncn1. The molecule has 94 valence electrons. The zero-order chi connectivity index (χ0) is 12.5. The topological polar surface area (TPSA) is 84.0 Å². The van der Waals surface area contributed by atoms with E-state index in [1.54, 1.807) is 13.1 Å². The fourth-order valence-electron chi connectivity index (χ4n) is 1.98. The molecule has 2 heterocycles. The lowest BCUT2D eigenvalue weighted by molar-refractivity contribution is 0.572. The van der Waals surface area contributed by atoms with Crippen molar-refractivity contribution in [3.8, 4) is 0 Å². The number of hydrogen-bond acceptors (Lipinski definition) is 6. The van der Waals surface area contributed by atoms with Crippen molar-refractivity contribution in [3.05, 3.63) is 12.4 Å². The van der Waals surface area contributed by atoms with E-state index in [-0.39, 0.29) is 11.5 Å². The monoisotopic (exact) mass is 256 g/mol. The largest absolute Gasteiger partial charge is 0.373 e. The maximum Gasteiger partial charge on any atom is 0.152 e. The van der Waals surface area contributed by atoms with Crippen LogP contribution in [0.2, 0.25) is 0 Å². The highest BCUT2D eigenvalue weighted by Gasteiger charge is 2.38. The second kappa shape index (κ2) is 4.14. The van der Waals surface area contributed by atoms with E-state index in [4.69, 9.17) is 0 Å². The number of rotatable bonds is 3. The second-order valence-corrected chi connectivity index (χ2v) is 6.75. The smallest absolute Gasteiger partial charge is 0.152 e. The summed E-state index contributed by atoms with van der Waals surface area (Å²) in [5, 5.41) is 6.09. The van der Waals surface area contributed by atoms with Crippen molar-refractivity contribution in [2.45, 2.75) is 18.9 Å². The van der Waals surface area contributed by atoms with Crippen LogP contribution in [0, 0.1) is 0 Å². The standard InChI is InChI=1S/C10H16N4O2S/c1-10(3-4-17(15,16)6-10)14-9-5-8(11-2)12-7-13-9/h5,7H,3-4,6H2,1-2H3,(H2,11,12,13,14). The Kier molecular flexibility index (Phi) is 2.94. The summed E-state index contributed by atoms with van der Waals surface area (Å²) in [7, 11) is -1.14. The van der Waals surface area contributed by atoms with E-state index in [1.165, 1.54) is 6.33 Å². The highest BCUT2D eigenvalue weighted by Crippen LogP contribution is 2.26. The van der Waals surface area contributed by atoms with Gasteiger partial charge < -0.3 is 10.6 Å². The molecule has 0 bridgehead atoms. The van der Waals surface area contributed by atoms with Crippen molar-refractivity contribution in [1.82, 2.24) is 9.97 Å². The predicted molar refractivity (Wildman–Crippen MR) is 66.9 cm³/mol. The molecule has 1 unspecified atom stereocenters. The van der Waals surface area contributed by atoms with E-state index in [1.807, 2.05) is 6.92 Å². The van der Waals surface area contributed by atoms with Gasteiger partial charge in [-0.05, 0) is 13.3 Å². The highest BCUT2D eigenvalue weighted by molar-refractivity contribution is 7.91. The van der Waals surface area contributed by atoms with Crippen LogP contribution in [-0.2, 0) is 9.84 Å². The Bertz CT molecular complexity index is 517. The molecule has 1 atom stereocenters. The van der Waals surface area contributed by atoms with Gasteiger partial charge in [-0.3, -0.25) is 0 Å². The van der Waals surface area contributed by atoms with Crippen molar-refractivity contribution in [1.29, 1.82) is 0 Å². The van der Waals surface area contributed by atoms with E-state index in [0.29, 0.717) is 18.1 Å². The summed E-state index contributed by atoms with van der Waals surface area (Å²) in [6.45, 7) is 1.90. The lowest BCUT2D eigenvalue weighted by Crippen LogP contribution is -2.36. The molecule has 7 heteroatoms. The molecule has 1 aromatic heterocycles. The first-order valence-electron chi connectivity index (χ1n) is 5.41. The Balaban J connectivity index is 2.15. The number of sulfone groups is 1. The lowest BCUT2D eigenvalue weighted by atomic mass is 10.0. The quantitative estimate of drug-likeness (QED) is 0.819. The molecule has 0 aromatic carbocycles. The van der Waals surface area contributed by atoms with Gasteiger partial charge in [0.25, 0.3) is 0 Å². The minimum absolute atomic E-state index is 0.152. The van der Waals surface area contributed by atoms with Crippen LogP contribution in [0.3, 0.4) is 0 Å². The van der Waals surface area contributed by atoms with Crippen molar-refractivity contribution < 1.29 is 8.42 Å². The third-order valence-corrected chi connectivity index (χ3v) is 4.76. The summed E-state index contributed by atoms with van der Waals surface area (Å²) in [6.07, 6.45) is 2.05. The first kappa shape index (κ1) is 12.1. The molecule has 2 N–H and O–H groups in total. The maximum atomic E-state index is 11.5. The van der Waals surface area contributed by atoms with Gasteiger partial charge in [-0.25, -0.2) is 18.4 Å². The Morgan fingerprint density at radius 1 is 1.35 bits per heavy atom. The minimum atomic E-state index is -2.91. The molecule has 1 aliphatic rings. The van der Waals surface area contributed by atoms with Crippen molar-refractivity contribution in [2.24, 2.45) is 0 Å². The van der Waals surface area contributed by atoms with E-state index in [2.05, 4.69) is 20.6 Å². The molecule has 1 saturated heterocycles. The molecular weight excluding hydrogens is 240 g/mol. The summed E-state index contributed by atoms with van der Waals surface area (Å²) >= 11 is 0. The van der Waals surface area contributed by atoms with Gasteiger partial charge in [-0.15, -0.1) is 0 Å². The molecule has 2 rings (SSSR count). The third-order valence-electron chi connectivity index (χ3n) is 2.86. The van der Waals surface area contributed by atoms with Crippen LogP contribution < -0.4 is 10.6 Å². The summed E-state index contributed by atoms with van der Waals surface area (Å²) in [5.41, 5.74) is -0.432. The minimum Gasteiger partial charge on any atom is -0.373 e. The number of aromatic nitrogens is 2. The normalized spacial score (nSPS) is 26.7. The van der Waals surface area contributed by atoms with E-state index in [9.17, 15) is 8.42 Å². The van der Waals surface area contributed by atoms with Gasteiger partial charge in [0.1, 0.15) is 18.0 Å². The Labute approximate surface area is 101 Å². The summed E-state index contributed by atoms with van der Waals surface area (Å²) in [4.78, 5) is 8.09. The van der Waals surface area contributed by atoms with Gasteiger partial charge in [-0.1, -0.05) is 0 Å². The Morgan fingerprint density at radius 2 is 2.06 bits per heavy atom. The van der Waals surface area contributed by atoms with Crippen molar-refractivity contribution in [2.75, 3.05) is 29.2 Å². The number of anilines is 2. The number of nitrogens with zero attached hydrogens (tertiary/aromatic N) is 2. The fourth-order valence-corrected chi connectivity index (χ4v) is 4.07. The third kappa shape index (κ3) is 2.85. The van der Waals surface area contributed by atoms with Crippen LogP contribution in [0.5, 0.6) is 0 Å². The van der Waals surface area contributed by atoms with Crippen LogP contribution in [0.4, 0.5) is 11.6 Å². The number of hydrogen-bond donors (Lipinski definition) is 2. The zero-order valence-electron chi connectivity index (χ0n) is 9.90. The first-order valence-corrected chi connectivity index (χ1v) is 7.23. The second-order valence-electron chi connectivity index (χ2n) is 4.57. The summed E-state index contributed by atoms with van der Waals surface area (Å²) < 4.78 is 22.9. The Morgan fingerprint density at radius 3 is 2.65 bits per heavy atom. The van der Waals surface area contributed by atoms with E-state index < -0.39 is 15.4 Å². The van der Waals surface area contributed by atoms with Crippen molar-refractivity contribution in [3.63, 3.8) is 0 Å². The fraction of sp³-hybridized carbons (Fsp3) is 0.600. The number of nitrogens with one attached hydrogen (secondary N) is 2. The van der Waals surface area contributed by atoms with E-state index in [0.717, 1.165) is 0 Å². The predicted octanol–water partition coefficient (Wildman–Crippen LogP) is 0.507.